The van der Waals surface area contributed by atoms with Gasteiger partial charge in [-0.3, -0.25) is 14.5 Å². The lowest BCUT2D eigenvalue weighted by molar-refractivity contribution is -0.148. The second-order valence-electron chi connectivity index (χ2n) is 6.44. The normalized spacial score (nSPS) is 16.0. The van der Waals surface area contributed by atoms with Gasteiger partial charge in [0, 0.05) is 10.6 Å². The van der Waals surface area contributed by atoms with Crippen LogP contribution in [0.25, 0.3) is 6.08 Å². The lowest BCUT2D eigenvalue weighted by atomic mass is 10.2. The molecule has 0 saturated carbocycles. The molecule has 0 unspecified atom stereocenters. The van der Waals surface area contributed by atoms with Crippen molar-refractivity contribution < 1.29 is 23.9 Å². The molecule has 0 aliphatic carbocycles. The van der Waals surface area contributed by atoms with E-state index in [0.29, 0.717) is 25.8 Å². The summed E-state index contributed by atoms with van der Waals surface area (Å²) in [5.41, 5.74) is 1.39. The Bertz CT molecular complexity index is 1070. The van der Waals surface area contributed by atoms with Gasteiger partial charge >= 0.3 is 5.97 Å². The number of imide groups is 1. The molecular formula is C21H16BrCl2NO5S. The zero-order valence-corrected chi connectivity index (χ0v) is 20.3. The number of amides is 2. The SMILES string of the molecule is COC(=O)[C@@H](C)N1C(=O)S/C(=C/c2cc(Cl)c(OCc3ccccc3Cl)c(Br)c2)C1=O. The highest BCUT2D eigenvalue weighted by atomic mass is 79.9. The first-order chi connectivity index (χ1) is 14.7. The average molecular weight is 545 g/mol. The molecular weight excluding hydrogens is 529 g/mol. The number of nitrogens with zero attached hydrogens (tertiary/aromatic N) is 1. The van der Waals surface area contributed by atoms with Gasteiger partial charge in [-0.2, -0.15) is 0 Å². The van der Waals surface area contributed by atoms with Crippen molar-refractivity contribution in [2.24, 2.45) is 0 Å². The number of thioether (sulfide) groups is 1. The third kappa shape index (κ3) is 5.26. The predicted octanol–water partition coefficient (Wildman–Crippen LogP) is 5.93. The topological polar surface area (TPSA) is 72.9 Å². The quantitative estimate of drug-likeness (QED) is 0.331. The standard InChI is InChI=1S/C21H16BrCl2NO5S/c1-11(20(27)29-2)25-19(26)17(31-21(25)28)9-12-7-14(22)18(16(24)8-12)30-10-13-5-3-4-6-15(13)23/h3-9,11H,10H2,1-2H3/b17-9+/t11-/m1/s1. The van der Waals surface area contributed by atoms with Gasteiger partial charge in [0.2, 0.25) is 0 Å². The van der Waals surface area contributed by atoms with Gasteiger partial charge < -0.3 is 9.47 Å². The van der Waals surface area contributed by atoms with Crippen molar-refractivity contribution in [3.8, 4) is 5.75 Å². The molecule has 0 N–H and O–H groups in total. The average Bonchev–Trinajstić information content (AvgIpc) is 3.00. The van der Waals surface area contributed by atoms with E-state index in [-0.39, 0.29) is 11.5 Å². The number of hydrogen-bond donors (Lipinski definition) is 0. The van der Waals surface area contributed by atoms with Crippen LogP contribution in [0.3, 0.4) is 0 Å². The molecule has 1 aliphatic rings. The first kappa shape index (κ1) is 23.7. The maximum absolute atomic E-state index is 12.6. The molecule has 1 fully saturated rings. The van der Waals surface area contributed by atoms with E-state index >= 15 is 0 Å². The highest BCUT2D eigenvalue weighted by molar-refractivity contribution is 9.10. The summed E-state index contributed by atoms with van der Waals surface area (Å²) in [7, 11) is 1.20. The molecule has 0 bridgehead atoms. The smallest absolute Gasteiger partial charge is 0.328 e. The number of halogens is 3. The lowest BCUT2D eigenvalue weighted by Gasteiger charge is -2.18. The van der Waals surface area contributed by atoms with Gasteiger partial charge in [-0.25, -0.2) is 4.79 Å². The Morgan fingerprint density at radius 3 is 2.58 bits per heavy atom. The fraction of sp³-hybridized carbons (Fsp3) is 0.190. The zero-order valence-electron chi connectivity index (χ0n) is 16.4. The fourth-order valence-electron chi connectivity index (χ4n) is 2.81. The van der Waals surface area contributed by atoms with Crippen LogP contribution in [0.15, 0.2) is 45.8 Å². The number of rotatable bonds is 6. The van der Waals surface area contributed by atoms with Crippen LogP contribution >= 0.6 is 50.9 Å². The molecule has 2 aromatic rings. The number of hydrogen-bond acceptors (Lipinski definition) is 6. The molecule has 3 rings (SSSR count). The van der Waals surface area contributed by atoms with E-state index < -0.39 is 23.2 Å². The molecule has 162 valence electrons. The van der Waals surface area contributed by atoms with Gasteiger partial charge in [0.15, 0.2) is 5.75 Å². The Morgan fingerprint density at radius 1 is 1.23 bits per heavy atom. The molecule has 0 aromatic heterocycles. The van der Waals surface area contributed by atoms with Crippen LogP contribution in [0.2, 0.25) is 10.0 Å². The molecule has 2 aromatic carbocycles. The maximum atomic E-state index is 12.6. The van der Waals surface area contributed by atoms with Crippen LogP contribution in [0.1, 0.15) is 18.1 Å². The number of carbonyl (C=O) groups is 3. The summed E-state index contributed by atoms with van der Waals surface area (Å²) >= 11 is 16.7. The molecule has 0 spiro atoms. The molecule has 1 aliphatic heterocycles. The molecule has 2 amide bonds. The van der Waals surface area contributed by atoms with Crippen LogP contribution in [0.4, 0.5) is 4.79 Å². The minimum absolute atomic E-state index is 0.174. The first-order valence-corrected chi connectivity index (χ1v) is 11.3. The van der Waals surface area contributed by atoms with Crippen LogP contribution in [0.5, 0.6) is 5.75 Å². The van der Waals surface area contributed by atoms with Crippen LogP contribution in [-0.2, 0) is 20.9 Å². The van der Waals surface area contributed by atoms with Gasteiger partial charge in [0.05, 0.1) is 21.5 Å². The number of methoxy groups -OCH3 is 1. The summed E-state index contributed by atoms with van der Waals surface area (Å²) in [6.07, 6.45) is 1.53. The van der Waals surface area contributed by atoms with E-state index in [0.717, 1.165) is 22.2 Å². The minimum Gasteiger partial charge on any atom is -0.486 e. The number of benzene rings is 2. The van der Waals surface area contributed by atoms with Crippen LogP contribution < -0.4 is 4.74 Å². The first-order valence-electron chi connectivity index (χ1n) is 8.93. The van der Waals surface area contributed by atoms with E-state index in [2.05, 4.69) is 20.7 Å². The lowest BCUT2D eigenvalue weighted by Crippen LogP contribution is -2.42. The third-order valence-corrected chi connectivity index (χ3v) is 6.52. The Hall–Kier alpha value is -2.00. The summed E-state index contributed by atoms with van der Waals surface area (Å²) in [6.45, 7) is 1.66. The van der Waals surface area contributed by atoms with Crippen molar-refractivity contribution in [1.29, 1.82) is 0 Å². The van der Waals surface area contributed by atoms with Gasteiger partial charge in [0.1, 0.15) is 12.6 Å². The summed E-state index contributed by atoms with van der Waals surface area (Å²) < 4.78 is 11.0. The molecule has 1 atom stereocenters. The van der Waals surface area contributed by atoms with Crippen LogP contribution in [-0.4, -0.2) is 35.2 Å². The van der Waals surface area contributed by atoms with Crippen molar-refractivity contribution in [2.45, 2.75) is 19.6 Å². The van der Waals surface area contributed by atoms with Gasteiger partial charge in [0.25, 0.3) is 11.1 Å². The van der Waals surface area contributed by atoms with Gasteiger partial charge in [-0.1, -0.05) is 41.4 Å². The summed E-state index contributed by atoms with van der Waals surface area (Å²) in [6, 6.07) is 9.63. The maximum Gasteiger partial charge on any atom is 0.328 e. The molecule has 1 heterocycles. The minimum atomic E-state index is -1.01. The van der Waals surface area contributed by atoms with E-state index in [1.807, 2.05) is 18.2 Å². The zero-order chi connectivity index (χ0) is 22.7. The van der Waals surface area contributed by atoms with Gasteiger partial charge in [-0.15, -0.1) is 0 Å². The summed E-state index contributed by atoms with van der Waals surface area (Å²) in [4.78, 5) is 37.6. The van der Waals surface area contributed by atoms with Crippen molar-refractivity contribution in [2.75, 3.05) is 7.11 Å². The van der Waals surface area contributed by atoms with Crippen molar-refractivity contribution in [3.05, 3.63) is 66.9 Å². The van der Waals surface area contributed by atoms with Crippen molar-refractivity contribution >= 4 is 74.1 Å². The Balaban J connectivity index is 1.80. The Labute approximate surface area is 201 Å². The highest BCUT2D eigenvalue weighted by Crippen LogP contribution is 2.38. The number of carbonyl (C=O) groups excluding carboxylic acids is 3. The summed E-state index contributed by atoms with van der Waals surface area (Å²) in [5.74, 6) is -0.820. The Morgan fingerprint density at radius 2 is 1.94 bits per heavy atom. The third-order valence-electron chi connectivity index (χ3n) is 4.40. The molecule has 6 nitrogen and oxygen atoms in total. The number of ether oxygens (including phenoxy) is 2. The fourth-order valence-corrected chi connectivity index (χ4v) is 4.89. The monoisotopic (exact) mass is 543 g/mol. The molecule has 0 radical (unpaired) electrons. The second kappa shape index (κ2) is 10.1. The molecule has 1 saturated heterocycles. The predicted molar refractivity (Wildman–Crippen MR) is 124 cm³/mol. The largest absolute Gasteiger partial charge is 0.486 e. The Kier molecular flexibility index (Phi) is 7.69. The van der Waals surface area contributed by atoms with Gasteiger partial charge in [-0.05, 0) is 64.5 Å². The van der Waals surface area contributed by atoms with Crippen molar-refractivity contribution in [1.82, 2.24) is 4.90 Å². The van der Waals surface area contributed by atoms with E-state index in [1.165, 1.54) is 20.1 Å². The highest BCUT2D eigenvalue weighted by Gasteiger charge is 2.41. The van der Waals surface area contributed by atoms with E-state index in [4.69, 9.17) is 27.9 Å². The molecule has 10 heteroatoms. The van der Waals surface area contributed by atoms with Crippen LogP contribution in [0, 0.1) is 0 Å². The van der Waals surface area contributed by atoms with E-state index in [1.54, 1.807) is 18.2 Å². The van der Waals surface area contributed by atoms with Crippen molar-refractivity contribution in [3.63, 3.8) is 0 Å². The summed E-state index contributed by atoms with van der Waals surface area (Å²) in [5, 5.41) is 0.358. The second-order valence-corrected chi connectivity index (χ2v) is 9.11. The van der Waals surface area contributed by atoms with E-state index in [9.17, 15) is 14.4 Å². The number of esters is 1. The molecule has 31 heavy (non-hydrogen) atoms.